The molecule has 0 amide bonds. The number of ether oxygens (including phenoxy) is 1. The van der Waals surface area contributed by atoms with Gasteiger partial charge in [-0.1, -0.05) is 6.07 Å². The SMILES string of the molecule is FC(F)OCCCc1cc2c(NCc3cccs3)nc(Cl)nn2c1Br. The van der Waals surface area contributed by atoms with Gasteiger partial charge in [-0.2, -0.15) is 13.8 Å². The van der Waals surface area contributed by atoms with Gasteiger partial charge in [-0.05, 0) is 63.4 Å². The zero-order chi connectivity index (χ0) is 17.8. The molecule has 3 aromatic rings. The van der Waals surface area contributed by atoms with Crippen molar-refractivity contribution >= 4 is 50.2 Å². The van der Waals surface area contributed by atoms with Crippen molar-refractivity contribution in [3.05, 3.63) is 43.9 Å². The molecule has 1 N–H and O–H groups in total. The highest BCUT2D eigenvalue weighted by Gasteiger charge is 2.15. The second kappa shape index (κ2) is 8.39. The first kappa shape index (κ1) is 18.5. The van der Waals surface area contributed by atoms with Crippen LogP contribution in [-0.2, 0) is 17.7 Å². The summed E-state index contributed by atoms with van der Waals surface area (Å²) in [5.41, 5.74) is 1.69. The third kappa shape index (κ3) is 4.66. The molecule has 3 aromatic heterocycles. The highest BCUT2D eigenvalue weighted by Crippen LogP contribution is 2.28. The maximum absolute atomic E-state index is 12.0. The summed E-state index contributed by atoms with van der Waals surface area (Å²) in [4.78, 5) is 5.43. The van der Waals surface area contributed by atoms with Gasteiger partial charge in [0.05, 0.1) is 13.2 Å². The van der Waals surface area contributed by atoms with Gasteiger partial charge in [0.1, 0.15) is 10.1 Å². The monoisotopic (exact) mass is 450 g/mol. The third-order valence-corrected chi connectivity index (χ3v) is 5.35. The lowest BCUT2D eigenvalue weighted by Gasteiger charge is -2.06. The van der Waals surface area contributed by atoms with E-state index in [2.05, 4.69) is 36.1 Å². The lowest BCUT2D eigenvalue weighted by Crippen LogP contribution is -2.05. The summed E-state index contributed by atoms with van der Waals surface area (Å²) in [6.45, 7) is -2.12. The Labute approximate surface area is 160 Å². The average molecular weight is 452 g/mol. The second-order valence-electron chi connectivity index (χ2n) is 5.15. The van der Waals surface area contributed by atoms with Crippen molar-refractivity contribution in [2.75, 3.05) is 11.9 Å². The van der Waals surface area contributed by atoms with Crippen molar-refractivity contribution < 1.29 is 13.5 Å². The van der Waals surface area contributed by atoms with E-state index in [-0.39, 0.29) is 11.9 Å². The molecule has 0 aromatic carbocycles. The molecule has 0 saturated carbocycles. The number of hydrogen-bond acceptors (Lipinski definition) is 5. The highest BCUT2D eigenvalue weighted by atomic mass is 79.9. The molecule has 3 rings (SSSR count). The van der Waals surface area contributed by atoms with Crippen LogP contribution in [0.15, 0.2) is 28.2 Å². The Morgan fingerprint density at radius 3 is 3.00 bits per heavy atom. The van der Waals surface area contributed by atoms with Gasteiger partial charge in [0.25, 0.3) is 0 Å². The Bertz CT molecular complexity index is 844. The minimum absolute atomic E-state index is 0.00772. The summed E-state index contributed by atoms with van der Waals surface area (Å²) < 4.78 is 30.7. The fraction of sp³-hybridized carbons (Fsp3) is 0.333. The minimum atomic E-state index is -2.74. The number of aromatic nitrogens is 3. The van der Waals surface area contributed by atoms with Crippen molar-refractivity contribution in [1.29, 1.82) is 0 Å². The molecular weight excluding hydrogens is 438 g/mol. The van der Waals surface area contributed by atoms with Crippen molar-refractivity contribution in [2.24, 2.45) is 0 Å². The molecule has 3 heterocycles. The van der Waals surface area contributed by atoms with E-state index in [0.717, 1.165) is 15.7 Å². The first-order chi connectivity index (χ1) is 12.0. The van der Waals surface area contributed by atoms with Gasteiger partial charge >= 0.3 is 6.61 Å². The van der Waals surface area contributed by atoms with E-state index in [1.165, 1.54) is 4.88 Å². The molecular formula is C15H14BrClF2N4OS. The smallest absolute Gasteiger partial charge is 0.345 e. The molecule has 0 bridgehead atoms. The van der Waals surface area contributed by atoms with Crippen LogP contribution in [0.1, 0.15) is 16.9 Å². The molecule has 0 aliphatic carbocycles. The Balaban J connectivity index is 1.79. The van der Waals surface area contributed by atoms with Gasteiger partial charge in [-0.3, -0.25) is 0 Å². The van der Waals surface area contributed by atoms with Crippen LogP contribution < -0.4 is 5.32 Å². The van der Waals surface area contributed by atoms with Gasteiger partial charge in [-0.25, -0.2) is 4.52 Å². The summed E-state index contributed by atoms with van der Waals surface area (Å²) in [7, 11) is 0. The van der Waals surface area contributed by atoms with E-state index in [1.54, 1.807) is 15.9 Å². The predicted molar refractivity (Wildman–Crippen MR) is 97.6 cm³/mol. The molecule has 5 nitrogen and oxygen atoms in total. The van der Waals surface area contributed by atoms with Crippen molar-refractivity contribution in [1.82, 2.24) is 14.6 Å². The molecule has 0 aliphatic rings. The molecule has 0 unspecified atom stereocenters. The number of halogens is 4. The van der Waals surface area contributed by atoms with E-state index in [9.17, 15) is 8.78 Å². The number of hydrogen-bond donors (Lipinski definition) is 1. The van der Waals surface area contributed by atoms with Crippen LogP contribution in [0.25, 0.3) is 5.52 Å². The van der Waals surface area contributed by atoms with E-state index in [1.807, 2.05) is 23.6 Å². The van der Waals surface area contributed by atoms with E-state index in [4.69, 9.17) is 11.6 Å². The highest BCUT2D eigenvalue weighted by molar-refractivity contribution is 9.10. The summed E-state index contributed by atoms with van der Waals surface area (Å²) >= 11 is 11.2. The Morgan fingerprint density at radius 1 is 1.44 bits per heavy atom. The predicted octanol–water partition coefficient (Wildman–Crippen LogP) is 4.99. The first-order valence-corrected chi connectivity index (χ1v) is 9.49. The van der Waals surface area contributed by atoms with Gasteiger partial charge < -0.3 is 10.1 Å². The topological polar surface area (TPSA) is 51.5 Å². The lowest BCUT2D eigenvalue weighted by atomic mass is 10.2. The summed E-state index contributed by atoms with van der Waals surface area (Å²) in [6, 6.07) is 5.93. The van der Waals surface area contributed by atoms with Crippen LogP contribution in [0.5, 0.6) is 0 Å². The van der Waals surface area contributed by atoms with Crippen LogP contribution in [-0.4, -0.2) is 27.8 Å². The first-order valence-electron chi connectivity index (χ1n) is 7.44. The van der Waals surface area contributed by atoms with Crippen LogP contribution in [0.3, 0.4) is 0 Å². The summed E-state index contributed by atoms with van der Waals surface area (Å²) in [5.74, 6) is 0.615. The normalized spacial score (nSPS) is 11.6. The number of nitrogens with zero attached hydrogens (tertiary/aromatic N) is 3. The largest absolute Gasteiger partial charge is 0.363 e. The summed E-state index contributed by atoms with van der Waals surface area (Å²) in [5, 5.41) is 9.58. The van der Waals surface area contributed by atoms with Crippen LogP contribution in [0, 0.1) is 0 Å². The molecule has 0 radical (unpaired) electrons. The number of rotatable bonds is 8. The van der Waals surface area contributed by atoms with Crippen LogP contribution >= 0.6 is 38.9 Å². The number of nitrogens with one attached hydrogen (secondary N) is 1. The van der Waals surface area contributed by atoms with Gasteiger partial charge in [0, 0.05) is 4.88 Å². The maximum Gasteiger partial charge on any atom is 0.345 e. The maximum atomic E-state index is 12.0. The van der Waals surface area contributed by atoms with Crippen molar-refractivity contribution in [2.45, 2.75) is 26.0 Å². The van der Waals surface area contributed by atoms with E-state index in [0.29, 0.717) is 25.2 Å². The van der Waals surface area contributed by atoms with Gasteiger partial charge in [0.2, 0.25) is 5.28 Å². The second-order valence-corrected chi connectivity index (χ2v) is 7.28. The van der Waals surface area contributed by atoms with Gasteiger partial charge in [0.15, 0.2) is 5.82 Å². The van der Waals surface area contributed by atoms with Crippen molar-refractivity contribution in [3.8, 4) is 0 Å². The number of thiophene rings is 1. The fourth-order valence-electron chi connectivity index (χ4n) is 2.37. The zero-order valence-corrected chi connectivity index (χ0v) is 16.0. The third-order valence-electron chi connectivity index (χ3n) is 3.46. The quantitative estimate of drug-likeness (QED) is 0.490. The average Bonchev–Trinajstić information content (AvgIpc) is 3.19. The van der Waals surface area contributed by atoms with E-state index >= 15 is 0 Å². The van der Waals surface area contributed by atoms with Crippen LogP contribution in [0.4, 0.5) is 14.6 Å². The number of anilines is 1. The Morgan fingerprint density at radius 2 is 2.28 bits per heavy atom. The summed E-state index contributed by atoms with van der Waals surface area (Å²) in [6.07, 6.45) is 1.04. The molecule has 0 fully saturated rings. The number of aryl methyl sites for hydroxylation is 1. The Hall–Kier alpha value is -1.29. The standard InChI is InChI=1S/C15H14BrClF2N4OS/c16-12-9(3-1-5-24-15(18)19)7-11-13(21-14(17)22-23(11)12)20-8-10-4-2-6-25-10/h2,4,6-7,15H,1,3,5,8H2,(H,20,21,22). The number of fused-ring (bicyclic) bond motifs is 1. The van der Waals surface area contributed by atoms with Crippen molar-refractivity contribution in [3.63, 3.8) is 0 Å². The number of alkyl halides is 2. The lowest BCUT2D eigenvalue weighted by molar-refractivity contribution is -0.129. The van der Waals surface area contributed by atoms with E-state index < -0.39 is 6.61 Å². The van der Waals surface area contributed by atoms with Crippen LogP contribution in [0.2, 0.25) is 5.28 Å². The molecule has 0 saturated heterocycles. The molecule has 0 spiro atoms. The molecule has 134 valence electrons. The molecule has 0 aliphatic heterocycles. The molecule has 10 heteroatoms. The zero-order valence-electron chi connectivity index (χ0n) is 12.9. The Kier molecular flexibility index (Phi) is 6.21. The molecule has 25 heavy (non-hydrogen) atoms. The fourth-order valence-corrected chi connectivity index (χ4v) is 3.76. The van der Waals surface area contributed by atoms with Gasteiger partial charge in [-0.15, -0.1) is 16.4 Å². The molecule has 0 atom stereocenters. The minimum Gasteiger partial charge on any atom is -0.363 e.